The molecule has 0 radical (unpaired) electrons. The molecule has 3 nitrogen and oxygen atoms in total. The Morgan fingerprint density at radius 2 is 1.92 bits per heavy atom. The molecule has 1 aromatic heterocycles. The lowest BCUT2D eigenvalue weighted by Crippen LogP contribution is -2.59. The number of halogens is 2. The first-order valence-corrected chi connectivity index (χ1v) is 3.52. The standard InChI is InChI=1S/C8H7F2NO2/c1-6-2-4-11(5-3-6)8(9,10)7(12)13/h2-5H,1H3. The first-order chi connectivity index (χ1) is 5.94. The molecule has 0 aliphatic heterocycles. The Morgan fingerprint density at radius 1 is 1.46 bits per heavy atom. The van der Waals surface area contributed by atoms with E-state index in [1.807, 2.05) is 0 Å². The number of aryl methyl sites for hydroxylation is 1. The molecule has 0 saturated carbocycles. The molecule has 0 unspecified atom stereocenters. The van der Waals surface area contributed by atoms with Gasteiger partial charge in [0.15, 0.2) is 18.4 Å². The van der Waals surface area contributed by atoms with E-state index in [9.17, 15) is 18.7 Å². The fourth-order valence-corrected chi connectivity index (χ4v) is 0.794. The van der Waals surface area contributed by atoms with Gasteiger partial charge in [-0.3, -0.25) is 0 Å². The quantitative estimate of drug-likeness (QED) is 0.590. The number of nitrogens with zero attached hydrogens (tertiary/aromatic N) is 1. The zero-order valence-electron chi connectivity index (χ0n) is 6.83. The van der Waals surface area contributed by atoms with E-state index in [1.54, 1.807) is 6.92 Å². The summed E-state index contributed by atoms with van der Waals surface area (Å²) in [5.41, 5.74) is 0.769. The number of aromatic nitrogens is 1. The molecule has 0 aliphatic rings. The molecule has 0 amide bonds. The van der Waals surface area contributed by atoms with Crippen LogP contribution in [0.5, 0.6) is 0 Å². The third-order valence-corrected chi connectivity index (χ3v) is 1.57. The number of alkyl halides is 2. The summed E-state index contributed by atoms with van der Waals surface area (Å²) in [6, 6.07) is -1.22. The Morgan fingerprint density at radius 3 is 2.31 bits per heavy atom. The molecule has 0 fully saturated rings. The minimum atomic E-state index is -3.99. The number of pyridine rings is 1. The van der Waals surface area contributed by atoms with E-state index in [4.69, 9.17) is 0 Å². The van der Waals surface area contributed by atoms with Gasteiger partial charge in [-0.15, -0.1) is 13.3 Å². The fraction of sp³-hybridized carbons (Fsp3) is 0.250. The van der Waals surface area contributed by atoms with Gasteiger partial charge in [-0.1, -0.05) is 0 Å². The van der Waals surface area contributed by atoms with Crippen LogP contribution in [0.3, 0.4) is 0 Å². The van der Waals surface area contributed by atoms with Crippen LogP contribution in [0.4, 0.5) is 8.78 Å². The lowest BCUT2D eigenvalue weighted by atomic mass is 10.3. The molecule has 0 aliphatic carbocycles. The van der Waals surface area contributed by atoms with Crippen molar-refractivity contribution in [1.29, 1.82) is 0 Å². The maximum absolute atomic E-state index is 12.7. The molecule has 5 heteroatoms. The van der Waals surface area contributed by atoms with Gasteiger partial charge in [0.1, 0.15) is 0 Å². The van der Waals surface area contributed by atoms with Crippen molar-refractivity contribution in [3.63, 3.8) is 0 Å². The van der Waals surface area contributed by atoms with Crippen molar-refractivity contribution < 1.29 is 23.2 Å². The van der Waals surface area contributed by atoms with E-state index in [2.05, 4.69) is 0 Å². The van der Waals surface area contributed by atoms with E-state index in [1.165, 1.54) is 12.1 Å². The Balaban J connectivity index is 3.08. The molecule has 0 aromatic carbocycles. The maximum Gasteiger partial charge on any atom is 0.505 e. The van der Waals surface area contributed by atoms with Gasteiger partial charge < -0.3 is 9.90 Å². The van der Waals surface area contributed by atoms with Gasteiger partial charge in [0, 0.05) is 12.1 Å². The number of carboxylic acid groups (broad SMARTS) is 1. The van der Waals surface area contributed by atoms with Gasteiger partial charge in [-0.05, 0) is 12.5 Å². The SMILES string of the molecule is Cc1cc[n+](C(F)(F)C(=O)[O-])cc1. The zero-order chi connectivity index (χ0) is 10.1. The smallest absolute Gasteiger partial charge is 0.505 e. The largest absolute Gasteiger partial charge is 0.539 e. The van der Waals surface area contributed by atoms with Crippen LogP contribution >= 0.6 is 0 Å². The lowest BCUT2D eigenvalue weighted by molar-refractivity contribution is -0.811. The van der Waals surface area contributed by atoms with E-state index in [0.29, 0.717) is 0 Å². The number of aliphatic carboxylic acids is 1. The van der Waals surface area contributed by atoms with Crippen molar-refractivity contribution in [1.82, 2.24) is 0 Å². The van der Waals surface area contributed by atoms with Crippen molar-refractivity contribution in [2.75, 3.05) is 0 Å². The average Bonchev–Trinajstić information content (AvgIpc) is 2.04. The van der Waals surface area contributed by atoms with E-state index in [0.717, 1.165) is 18.0 Å². The second-order valence-corrected chi connectivity index (χ2v) is 2.61. The summed E-state index contributed by atoms with van der Waals surface area (Å²) < 4.78 is 25.7. The first-order valence-electron chi connectivity index (χ1n) is 3.52. The topological polar surface area (TPSA) is 44.0 Å². The molecule has 0 spiro atoms. The summed E-state index contributed by atoms with van der Waals surface area (Å²) in [6.45, 7) is 1.71. The Bertz CT molecular complexity index is 321. The predicted octanol–water partition coefficient (Wildman–Crippen LogP) is -0.418. The highest BCUT2D eigenvalue weighted by Gasteiger charge is 2.42. The minimum Gasteiger partial charge on any atom is -0.539 e. The van der Waals surface area contributed by atoms with Gasteiger partial charge in [0.2, 0.25) is 0 Å². The highest BCUT2D eigenvalue weighted by atomic mass is 19.3. The number of hydrogen-bond donors (Lipinski definition) is 0. The van der Waals surface area contributed by atoms with E-state index >= 15 is 0 Å². The van der Waals surface area contributed by atoms with Crippen LogP contribution in [0.1, 0.15) is 5.56 Å². The van der Waals surface area contributed by atoms with Crippen molar-refractivity contribution >= 4 is 5.97 Å². The Kier molecular flexibility index (Phi) is 2.27. The molecular weight excluding hydrogens is 180 g/mol. The predicted molar refractivity (Wildman–Crippen MR) is 36.6 cm³/mol. The second kappa shape index (κ2) is 3.08. The monoisotopic (exact) mass is 187 g/mol. The van der Waals surface area contributed by atoms with Crippen LogP contribution in [0.2, 0.25) is 0 Å². The summed E-state index contributed by atoms with van der Waals surface area (Å²) in [4.78, 5) is 10.0. The van der Waals surface area contributed by atoms with Gasteiger partial charge >= 0.3 is 6.05 Å². The van der Waals surface area contributed by atoms with E-state index in [-0.39, 0.29) is 4.57 Å². The Labute approximate surface area is 73.2 Å². The van der Waals surface area contributed by atoms with Crippen molar-refractivity contribution in [3.8, 4) is 0 Å². The van der Waals surface area contributed by atoms with Crippen molar-refractivity contribution in [3.05, 3.63) is 30.1 Å². The zero-order valence-corrected chi connectivity index (χ0v) is 6.83. The highest BCUT2D eigenvalue weighted by Crippen LogP contribution is 2.10. The summed E-state index contributed by atoms with van der Waals surface area (Å²) in [5, 5.41) is 10.0. The van der Waals surface area contributed by atoms with Crippen LogP contribution in [-0.4, -0.2) is 5.97 Å². The summed E-state index contributed by atoms with van der Waals surface area (Å²) in [5.74, 6) is -2.42. The van der Waals surface area contributed by atoms with Crippen LogP contribution in [-0.2, 0) is 10.8 Å². The summed E-state index contributed by atoms with van der Waals surface area (Å²) >= 11 is 0. The first kappa shape index (κ1) is 9.57. The lowest BCUT2D eigenvalue weighted by Gasteiger charge is -2.10. The van der Waals surface area contributed by atoms with Crippen LogP contribution < -0.4 is 9.67 Å². The number of carboxylic acids is 1. The summed E-state index contributed by atoms with van der Waals surface area (Å²) in [7, 11) is 0. The van der Waals surface area contributed by atoms with E-state index < -0.39 is 12.0 Å². The van der Waals surface area contributed by atoms with Crippen LogP contribution in [0, 0.1) is 6.92 Å². The van der Waals surface area contributed by atoms with Crippen LogP contribution in [0.15, 0.2) is 24.5 Å². The molecule has 0 atom stereocenters. The second-order valence-electron chi connectivity index (χ2n) is 2.61. The molecule has 1 aromatic rings. The molecule has 0 saturated heterocycles. The Hall–Kier alpha value is -1.52. The van der Waals surface area contributed by atoms with Gasteiger partial charge in [-0.25, -0.2) is 0 Å². The third kappa shape index (κ3) is 1.80. The fourth-order valence-electron chi connectivity index (χ4n) is 0.794. The van der Waals surface area contributed by atoms with Gasteiger partial charge in [-0.2, -0.15) is 0 Å². The molecule has 0 N–H and O–H groups in total. The summed E-state index contributed by atoms with van der Waals surface area (Å²) in [6.07, 6.45) is 1.98. The van der Waals surface area contributed by atoms with Crippen molar-refractivity contribution in [2.45, 2.75) is 13.0 Å². The average molecular weight is 187 g/mol. The molecule has 1 rings (SSSR count). The molecule has 70 valence electrons. The van der Waals surface area contributed by atoms with Crippen molar-refractivity contribution in [2.24, 2.45) is 0 Å². The highest BCUT2D eigenvalue weighted by molar-refractivity contribution is 5.68. The molecule has 0 bridgehead atoms. The molecule has 1 heterocycles. The number of carbonyl (C=O) groups is 1. The minimum absolute atomic E-state index is 0.287. The number of carbonyl (C=O) groups excluding carboxylic acids is 1. The number of rotatable bonds is 2. The van der Waals surface area contributed by atoms with Gasteiger partial charge in [0.05, 0.1) is 0 Å². The normalized spacial score (nSPS) is 11.3. The van der Waals surface area contributed by atoms with Gasteiger partial charge in [0.25, 0.3) is 0 Å². The number of hydrogen-bond acceptors (Lipinski definition) is 2. The molecule has 13 heavy (non-hydrogen) atoms. The maximum atomic E-state index is 12.7. The van der Waals surface area contributed by atoms with Crippen LogP contribution in [0.25, 0.3) is 0 Å². The third-order valence-electron chi connectivity index (χ3n) is 1.57. The molecular formula is C8H7F2NO2.